The Morgan fingerprint density at radius 3 is 1.74 bits per heavy atom. The van der Waals surface area contributed by atoms with E-state index < -0.39 is 24.3 Å². The van der Waals surface area contributed by atoms with Crippen molar-refractivity contribution in [3.05, 3.63) is 24.3 Å². The van der Waals surface area contributed by atoms with Crippen molar-refractivity contribution in [2.45, 2.75) is 155 Å². The minimum absolute atomic E-state index is 0.186. The molecule has 1 N–H and O–H groups in total. The number of hydrogen-bond donors (Lipinski definition) is 1. The first-order chi connectivity index (χ1) is 22.6. The highest BCUT2D eigenvalue weighted by molar-refractivity contribution is 5.71. The fourth-order valence-corrected chi connectivity index (χ4v) is 4.73. The number of carboxylic acids is 1. The van der Waals surface area contributed by atoms with Crippen molar-refractivity contribution < 1.29 is 42.9 Å². The lowest BCUT2D eigenvalue weighted by atomic mass is 10.1. The van der Waals surface area contributed by atoms with Gasteiger partial charge in [-0.25, -0.2) is 4.79 Å². The standard InChI is InChI=1S/C38H69NO8/c1-6-8-10-12-14-16-17-18-19-20-21-23-25-27-29-36(41)47-34(33-46-38(37(42)43)44-31-30-39(3,4)5)32-45-35(40)28-26-24-22-15-13-11-9-7-2/h12,14,17-18,34,38H,6-11,13,15-16,19-33H2,1-5H3/p+1/b14-12-,18-17-. The number of unbranched alkanes of at least 4 members (excludes halogenated alkanes) is 14. The molecule has 0 fully saturated rings. The summed E-state index contributed by atoms with van der Waals surface area (Å²) < 4.78 is 22.5. The lowest BCUT2D eigenvalue weighted by Gasteiger charge is -2.25. The van der Waals surface area contributed by atoms with Crippen molar-refractivity contribution in [2.24, 2.45) is 0 Å². The van der Waals surface area contributed by atoms with Gasteiger partial charge in [0, 0.05) is 12.8 Å². The molecular weight excluding hydrogens is 598 g/mol. The van der Waals surface area contributed by atoms with E-state index >= 15 is 0 Å². The van der Waals surface area contributed by atoms with Crippen molar-refractivity contribution in [3.8, 4) is 0 Å². The van der Waals surface area contributed by atoms with E-state index in [2.05, 4.69) is 38.2 Å². The summed E-state index contributed by atoms with van der Waals surface area (Å²) in [6.07, 6.45) is 26.7. The lowest BCUT2D eigenvalue weighted by Crippen LogP contribution is -2.40. The lowest BCUT2D eigenvalue weighted by molar-refractivity contribution is -0.870. The van der Waals surface area contributed by atoms with Gasteiger partial charge in [0.1, 0.15) is 13.2 Å². The van der Waals surface area contributed by atoms with Crippen LogP contribution in [0.4, 0.5) is 0 Å². The summed E-state index contributed by atoms with van der Waals surface area (Å²) in [5.41, 5.74) is 0. The predicted octanol–water partition coefficient (Wildman–Crippen LogP) is 8.55. The second-order valence-corrected chi connectivity index (χ2v) is 13.5. The van der Waals surface area contributed by atoms with Crippen LogP contribution in [0.25, 0.3) is 0 Å². The summed E-state index contributed by atoms with van der Waals surface area (Å²) in [6.45, 7) is 4.75. The summed E-state index contributed by atoms with van der Waals surface area (Å²) in [5.74, 6) is -2.03. The molecule has 2 atom stereocenters. The molecule has 0 heterocycles. The van der Waals surface area contributed by atoms with Crippen LogP contribution in [0, 0.1) is 0 Å². The second kappa shape index (κ2) is 31.1. The van der Waals surface area contributed by atoms with E-state index in [4.69, 9.17) is 18.9 Å². The number of allylic oxidation sites excluding steroid dienone is 4. The third-order valence-electron chi connectivity index (χ3n) is 7.71. The zero-order chi connectivity index (χ0) is 35.0. The van der Waals surface area contributed by atoms with E-state index in [1.165, 1.54) is 44.9 Å². The third kappa shape index (κ3) is 32.1. The minimum Gasteiger partial charge on any atom is -0.477 e. The number of hydrogen-bond acceptors (Lipinski definition) is 7. The van der Waals surface area contributed by atoms with Crippen molar-refractivity contribution >= 4 is 17.9 Å². The Labute approximate surface area is 287 Å². The van der Waals surface area contributed by atoms with Gasteiger partial charge in [0.2, 0.25) is 0 Å². The van der Waals surface area contributed by atoms with Crippen LogP contribution >= 0.6 is 0 Å². The Morgan fingerprint density at radius 2 is 1.17 bits per heavy atom. The predicted molar refractivity (Wildman–Crippen MR) is 189 cm³/mol. The molecule has 0 bridgehead atoms. The number of carboxylic acid groups (broad SMARTS) is 1. The fraction of sp³-hybridized carbons (Fsp3) is 0.816. The molecule has 0 aromatic heterocycles. The monoisotopic (exact) mass is 669 g/mol. The smallest absolute Gasteiger partial charge is 0.361 e. The Balaban J connectivity index is 4.57. The Kier molecular flexibility index (Phi) is 29.6. The van der Waals surface area contributed by atoms with Crippen molar-refractivity contribution in [1.82, 2.24) is 0 Å². The zero-order valence-corrected chi connectivity index (χ0v) is 30.7. The van der Waals surface area contributed by atoms with Gasteiger partial charge >= 0.3 is 17.9 Å². The Hall–Kier alpha value is -2.23. The summed E-state index contributed by atoms with van der Waals surface area (Å²) in [6, 6.07) is 0. The topological polar surface area (TPSA) is 108 Å². The number of quaternary nitrogens is 1. The molecule has 0 radical (unpaired) electrons. The molecule has 0 saturated carbocycles. The maximum absolute atomic E-state index is 12.6. The van der Waals surface area contributed by atoms with E-state index in [0.29, 0.717) is 23.9 Å². The molecule has 0 spiro atoms. The Morgan fingerprint density at radius 1 is 0.638 bits per heavy atom. The molecule has 0 amide bonds. The van der Waals surface area contributed by atoms with E-state index in [1.807, 2.05) is 21.1 Å². The van der Waals surface area contributed by atoms with Crippen LogP contribution in [0.1, 0.15) is 142 Å². The van der Waals surface area contributed by atoms with Gasteiger partial charge in [0.25, 0.3) is 6.29 Å². The van der Waals surface area contributed by atoms with Gasteiger partial charge in [-0.1, -0.05) is 115 Å². The first-order valence-electron chi connectivity index (χ1n) is 18.5. The third-order valence-corrected chi connectivity index (χ3v) is 7.71. The quantitative estimate of drug-likeness (QED) is 0.0244. The van der Waals surface area contributed by atoms with Crippen molar-refractivity contribution in [1.29, 1.82) is 0 Å². The van der Waals surface area contributed by atoms with Gasteiger partial charge < -0.3 is 28.5 Å². The van der Waals surface area contributed by atoms with Gasteiger partial charge in [-0.3, -0.25) is 9.59 Å². The van der Waals surface area contributed by atoms with Crippen LogP contribution in [-0.2, 0) is 33.3 Å². The van der Waals surface area contributed by atoms with Gasteiger partial charge in [0.15, 0.2) is 6.10 Å². The molecule has 274 valence electrons. The van der Waals surface area contributed by atoms with Gasteiger partial charge in [-0.2, -0.15) is 0 Å². The zero-order valence-electron chi connectivity index (χ0n) is 30.7. The molecule has 0 aliphatic carbocycles. The number of carbonyl (C=O) groups is 3. The largest absolute Gasteiger partial charge is 0.477 e. The molecule has 2 unspecified atom stereocenters. The summed E-state index contributed by atoms with van der Waals surface area (Å²) in [4.78, 5) is 36.7. The summed E-state index contributed by atoms with van der Waals surface area (Å²) in [5, 5.41) is 9.56. The highest BCUT2D eigenvalue weighted by atomic mass is 16.7. The average Bonchev–Trinajstić information content (AvgIpc) is 3.02. The highest BCUT2D eigenvalue weighted by Crippen LogP contribution is 2.12. The first kappa shape index (κ1) is 44.8. The van der Waals surface area contributed by atoms with Crippen LogP contribution in [0.3, 0.4) is 0 Å². The molecule has 0 saturated heterocycles. The van der Waals surface area contributed by atoms with Crippen molar-refractivity contribution in [2.75, 3.05) is 47.5 Å². The first-order valence-corrected chi connectivity index (χ1v) is 18.5. The molecule has 0 aromatic rings. The van der Waals surface area contributed by atoms with Gasteiger partial charge in [-0.15, -0.1) is 0 Å². The van der Waals surface area contributed by atoms with E-state index in [9.17, 15) is 19.5 Å². The minimum atomic E-state index is -1.51. The van der Waals surface area contributed by atoms with Crippen molar-refractivity contribution in [3.63, 3.8) is 0 Å². The molecule has 0 aliphatic heterocycles. The van der Waals surface area contributed by atoms with Crippen LogP contribution in [0.15, 0.2) is 24.3 Å². The molecule has 47 heavy (non-hydrogen) atoms. The number of likely N-dealkylation sites (N-methyl/N-ethyl adjacent to an activating group) is 1. The Bertz CT molecular complexity index is 836. The maximum Gasteiger partial charge on any atom is 0.361 e. The average molecular weight is 669 g/mol. The number of ether oxygens (including phenoxy) is 4. The fourth-order valence-electron chi connectivity index (χ4n) is 4.73. The van der Waals surface area contributed by atoms with E-state index in [1.54, 1.807) is 0 Å². The van der Waals surface area contributed by atoms with Crippen LogP contribution < -0.4 is 0 Å². The number of aliphatic carboxylic acids is 1. The van der Waals surface area contributed by atoms with E-state index in [0.717, 1.165) is 64.2 Å². The molecule has 0 aromatic carbocycles. The maximum atomic E-state index is 12.6. The van der Waals surface area contributed by atoms with Crippen LogP contribution in [0.2, 0.25) is 0 Å². The number of nitrogens with zero attached hydrogens (tertiary/aromatic N) is 1. The van der Waals surface area contributed by atoms with Gasteiger partial charge in [0.05, 0.1) is 34.4 Å². The number of carbonyl (C=O) groups excluding carboxylic acids is 2. The molecule has 9 nitrogen and oxygen atoms in total. The second-order valence-electron chi connectivity index (χ2n) is 13.5. The normalized spacial score (nSPS) is 13.3. The molecular formula is C38H70NO8+. The molecule has 0 rings (SSSR count). The molecule has 0 aliphatic rings. The summed E-state index contributed by atoms with van der Waals surface area (Å²) in [7, 11) is 5.93. The number of rotatable bonds is 33. The molecule has 9 heteroatoms. The SMILES string of the molecule is CCCC/C=C\C/C=C\CCCCCCCC(=O)OC(COC(=O)CCCCCCCCCC)COC(OCC[N+](C)(C)C)C(=O)O. The van der Waals surface area contributed by atoms with Crippen LogP contribution in [0.5, 0.6) is 0 Å². The highest BCUT2D eigenvalue weighted by Gasteiger charge is 2.25. The van der Waals surface area contributed by atoms with Crippen LogP contribution in [-0.4, -0.2) is 87.4 Å². The van der Waals surface area contributed by atoms with Gasteiger partial charge in [-0.05, 0) is 38.5 Å². The van der Waals surface area contributed by atoms with E-state index in [-0.39, 0.29) is 32.2 Å². The summed E-state index contributed by atoms with van der Waals surface area (Å²) >= 11 is 0. The number of esters is 2.